The summed E-state index contributed by atoms with van der Waals surface area (Å²) in [6, 6.07) is 8.18. The van der Waals surface area contributed by atoms with Crippen LogP contribution in [0.4, 0.5) is 0 Å². The van der Waals surface area contributed by atoms with Crippen molar-refractivity contribution in [3.05, 3.63) is 47.9 Å². The van der Waals surface area contributed by atoms with Crippen LogP contribution < -0.4 is 14.8 Å². The van der Waals surface area contributed by atoms with Crippen LogP contribution in [-0.4, -0.2) is 24.8 Å². The lowest BCUT2D eigenvalue weighted by Gasteiger charge is -2.13. The van der Waals surface area contributed by atoms with Crippen LogP contribution in [0.5, 0.6) is 11.5 Å². The molecular weight excluding hydrogens is 302 g/mol. The van der Waals surface area contributed by atoms with Gasteiger partial charge in [-0.25, -0.2) is 4.79 Å². The van der Waals surface area contributed by atoms with Gasteiger partial charge in [-0.05, 0) is 37.3 Å². The quantitative estimate of drug-likeness (QED) is 0.847. The Balaban J connectivity index is 1.55. The zero-order valence-electron chi connectivity index (χ0n) is 12.4. The Labute approximate surface area is 132 Å². The summed E-state index contributed by atoms with van der Waals surface area (Å²) in [5, 5.41) is 2.63. The van der Waals surface area contributed by atoms with Gasteiger partial charge in [-0.15, -0.1) is 0 Å². The number of nitrogens with one attached hydrogen (secondary N) is 1. The molecule has 0 bridgehead atoms. The van der Waals surface area contributed by atoms with Gasteiger partial charge in [0.05, 0.1) is 18.4 Å². The van der Waals surface area contributed by atoms with Crippen molar-refractivity contribution < 1.29 is 28.2 Å². The molecule has 2 heterocycles. The van der Waals surface area contributed by atoms with Crippen molar-refractivity contribution in [1.82, 2.24) is 5.32 Å². The molecule has 0 fully saturated rings. The van der Waals surface area contributed by atoms with E-state index < -0.39 is 18.0 Å². The van der Waals surface area contributed by atoms with E-state index in [0.717, 1.165) is 0 Å². The number of hydrogen-bond donors (Lipinski definition) is 1. The standard InChI is InChI=1S/C16H15NO6/c1-10(15(18)17-8-12-3-2-6-20-12)23-16(19)11-4-5-13-14(7-11)22-9-21-13/h2-7,10H,8-9H2,1H3,(H,17,18)/t10-/m1/s1. The zero-order valence-corrected chi connectivity index (χ0v) is 12.4. The van der Waals surface area contributed by atoms with E-state index in [4.69, 9.17) is 18.6 Å². The number of rotatable bonds is 5. The van der Waals surface area contributed by atoms with Gasteiger partial charge >= 0.3 is 5.97 Å². The van der Waals surface area contributed by atoms with Crippen LogP contribution in [0.25, 0.3) is 0 Å². The Hall–Kier alpha value is -2.96. The molecule has 2 aromatic rings. The summed E-state index contributed by atoms with van der Waals surface area (Å²) in [5.41, 5.74) is 0.292. The van der Waals surface area contributed by atoms with Crippen molar-refractivity contribution in [1.29, 1.82) is 0 Å². The van der Waals surface area contributed by atoms with Crippen molar-refractivity contribution in [3.8, 4) is 11.5 Å². The molecule has 1 atom stereocenters. The molecule has 0 saturated carbocycles. The van der Waals surface area contributed by atoms with E-state index in [2.05, 4.69) is 5.32 Å². The summed E-state index contributed by atoms with van der Waals surface area (Å²) in [6.07, 6.45) is 0.591. The predicted octanol–water partition coefficient (Wildman–Crippen LogP) is 1.87. The number of carbonyl (C=O) groups is 2. The van der Waals surface area contributed by atoms with Gasteiger partial charge in [0.2, 0.25) is 6.79 Å². The van der Waals surface area contributed by atoms with Crippen LogP contribution in [0.1, 0.15) is 23.0 Å². The van der Waals surface area contributed by atoms with E-state index in [1.54, 1.807) is 24.3 Å². The van der Waals surface area contributed by atoms with E-state index in [9.17, 15) is 9.59 Å². The third kappa shape index (κ3) is 3.45. The van der Waals surface area contributed by atoms with E-state index >= 15 is 0 Å². The molecule has 0 spiro atoms. The smallest absolute Gasteiger partial charge is 0.339 e. The van der Waals surface area contributed by atoms with Crippen LogP contribution in [0.15, 0.2) is 41.0 Å². The predicted molar refractivity (Wildman–Crippen MR) is 78.0 cm³/mol. The molecule has 1 aliphatic heterocycles. The molecule has 1 aromatic carbocycles. The number of carbonyl (C=O) groups excluding carboxylic acids is 2. The first-order valence-electron chi connectivity index (χ1n) is 7.04. The zero-order chi connectivity index (χ0) is 16.2. The first-order chi connectivity index (χ1) is 11.1. The lowest BCUT2D eigenvalue weighted by molar-refractivity contribution is -0.129. The lowest BCUT2D eigenvalue weighted by atomic mass is 10.2. The second-order valence-corrected chi connectivity index (χ2v) is 4.91. The monoisotopic (exact) mass is 317 g/mol. The molecule has 1 N–H and O–H groups in total. The number of furan rings is 1. The van der Waals surface area contributed by atoms with Crippen molar-refractivity contribution in [3.63, 3.8) is 0 Å². The van der Waals surface area contributed by atoms with E-state index in [1.807, 2.05) is 0 Å². The van der Waals surface area contributed by atoms with Gasteiger partial charge in [0.15, 0.2) is 17.6 Å². The average Bonchev–Trinajstić information content (AvgIpc) is 3.22. The second-order valence-electron chi connectivity index (χ2n) is 4.91. The highest BCUT2D eigenvalue weighted by molar-refractivity contribution is 5.92. The summed E-state index contributed by atoms with van der Waals surface area (Å²) in [7, 11) is 0. The van der Waals surface area contributed by atoms with Crippen molar-refractivity contribution in [2.75, 3.05) is 6.79 Å². The Morgan fingerprint density at radius 2 is 2.09 bits per heavy atom. The van der Waals surface area contributed by atoms with Crippen LogP contribution in [-0.2, 0) is 16.1 Å². The van der Waals surface area contributed by atoms with Crippen molar-refractivity contribution in [2.24, 2.45) is 0 Å². The van der Waals surface area contributed by atoms with Gasteiger partial charge < -0.3 is 23.9 Å². The molecular formula is C16H15NO6. The fourth-order valence-corrected chi connectivity index (χ4v) is 2.04. The molecule has 1 aliphatic rings. The average molecular weight is 317 g/mol. The highest BCUT2D eigenvalue weighted by Crippen LogP contribution is 2.32. The fraction of sp³-hybridized carbons (Fsp3) is 0.250. The number of amides is 1. The third-order valence-electron chi connectivity index (χ3n) is 3.28. The van der Waals surface area contributed by atoms with Gasteiger partial charge in [0.25, 0.3) is 5.91 Å². The number of esters is 1. The SMILES string of the molecule is C[C@@H](OC(=O)c1ccc2c(c1)OCO2)C(=O)NCc1ccco1. The number of hydrogen-bond acceptors (Lipinski definition) is 6. The molecule has 120 valence electrons. The van der Waals surface area contributed by atoms with E-state index in [0.29, 0.717) is 22.8 Å². The minimum atomic E-state index is -0.928. The molecule has 7 heteroatoms. The molecule has 1 aromatic heterocycles. The van der Waals surface area contributed by atoms with Crippen molar-refractivity contribution >= 4 is 11.9 Å². The molecule has 0 aliphatic carbocycles. The largest absolute Gasteiger partial charge is 0.467 e. The maximum absolute atomic E-state index is 12.1. The first kappa shape index (κ1) is 15.0. The van der Waals surface area contributed by atoms with Gasteiger partial charge in [0, 0.05) is 0 Å². The number of ether oxygens (including phenoxy) is 3. The molecule has 0 radical (unpaired) electrons. The number of fused-ring (bicyclic) bond motifs is 1. The maximum atomic E-state index is 12.1. The Kier molecular flexibility index (Phi) is 4.18. The molecule has 0 saturated heterocycles. The van der Waals surface area contributed by atoms with Gasteiger partial charge in [-0.3, -0.25) is 4.79 Å². The van der Waals surface area contributed by atoms with E-state index in [1.165, 1.54) is 19.3 Å². The van der Waals surface area contributed by atoms with Crippen LogP contribution >= 0.6 is 0 Å². The number of benzene rings is 1. The summed E-state index contributed by atoms with van der Waals surface area (Å²) in [4.78, 5) is 24.0. The maximum Gasteiger partial charge on any atom is 0.339 e. The minimum Gasteiger partial charge on any atom is -0.467 e. The van der Waals surface area contributed by atoms with Crippen LogP contribution in [0.2, 0.25) is 0 Å². The highest BCUT2D eigenvalue weighted by atomic mass is 16.7. The van der Waals surface area contributed by atoms with E-state index in [-0.39, 0.29) is 13.3 Å². The Morgan fingerprint density at radius 3 is 2.87 bits per heavy atom. The lowest BCUT2D eigenvalue weighted by Crippen LogP contribution is -2.35. The minimum absolute atomic E-state index is 0.124. The summed E-state index contributed by atoms with van der Waals surface area (Å²) in [6.45, 7) is 1.86. The molecule has 23 heavy (non-hydrogen) atoms. The van der Waals surface area contributed by atoms with Gasteiger partial charge in [0.1, 0.15) is 5.76 Å². The summed E-state index contributed by atoms with van der Waals surface area (Å²) in [5.74, 6) is 0.659. The third-order valence-corrected chi connectivity index (χ3v) is 3.28. The first-order valence-corrected chi connectivity index (χ1v) is 7.04. The van der Waals surface area contributed by atoms with Gasteiger partial charge in [-0.2, -0.15) is 0 Å². The Morgan fingerprint density at radius 1 is 1.26 bits per heavy atom. The van der Waals surface area contributed by atoms with Crippen molar-refractivity contribution in [2.45, 2.75) is 19.6 Å². The van der Waals surface area contributed by atoms with Crippen LogP contribution in [0.3, 0.4) is 0 Å². The summed E-state index contributed by atoms with van der Waals surface area (Å²) < 4.78 is 20.6. The molecule has 1 amide bonds. The normalized spacial score (nSPS) is 13.4. The molecule has 7 nitrogen and oxygen atoms in total. The second kappa shape index (κ2) is 6.43. The highest BCUT2D eigenvalue weighted by Gasteiger charge is 2.21. The van der Waals surface area contributed by atoms with Gasteiger partial charge in [-0.1, -0.05) is 0 Å². The molecule has 3 rings (SSSR count). The topological polar surface area (TPSA) is 87.0 Å². The summed E-state index contributed by atoms with van der Waals surface area (Å²) >= 11 is 0. The Bertz CT molecular complexity index is 709. The molecule has 0 unspecified atom stereocenters. The van der Waals surface area contributed by atoms with Crippen LogP contribution in [0, 0.1) is 0 Å². The fourth-order valence-electron chi connectivity index (χ4n) is 2.04.